The monoisotopic (exact) mass is 842 g/mol. The number of pyridine rings is 1. The van der Waals surface area contributed by atoms with Crippen LogP contribution in [0.15, 0.2) is 54.7 Å². The number of anilines is 4. The molecule has 0 saturated carbocycles. The van der Waals surface area contributed by atoms with Gasteiger partial charge in [-0.15, -0.1) is 0 Å². The van der Waals surface area contributed by atoms with Crippen LogP contribution >= 0.6 is 0 Å². The largest absolute Gasteiger partial charge is 0.417 e. The molecule has 0 radical (unpaired) electrons. The molecule has 16 nitrogen and oxygen atoms in total. The Labute approximate surface area is 349 Å². The van der Waals surface area contributed by atoms with Gasteiger partial charge in [0.2, 0.25) is 11.8 Å². The quantitative estimate of drug-likeness (QED) is 0.301. The van der Waals surface area contributed by atoms with Crippen LogP contribution in [0, 0.1) is 11.3 Å². The average Bonchev–Trinajstić information content (AvgIpc) is 3.52. The number of urea groups is 1. The maximum atomic E-state index is 13.6. The number of rotatable bonds is 9. The van der Waals surface area contributed by atoms with E-state index < -0.39 is 47.0 Å². The number of nitriles is 1. The number of hydrogen-bond donors (Lipinski definition) is 2. The molecule has 6 amide bonds. The summed E-state index contributed by atoms with van der Waals surface area (Å²) in [5.74, 6) is -1.67. The van der Waals surface area contributed by atoms with Gasteiger partial charge in [0.1, 0.15) is 11.9 Å². The Morgan fingerprint density at radius 2 is 1.56 bits per heavy atom. The molecule has 1 atom stereocenters. The molecule has 0 aliphatic carbocycles. The second kappa shape index (κ2) is 17.4. The maximum absolute atomic E-state index is 13.6. The Bertz CT molecular complexity index is 2230. The predicted molar refractivity (Wildman–Crippen MR) is 216 cm³/mol. The van der Waals surface area contributed by atoms with Crippen LogP contribution in [0.2, 0.25) is 0 Å². The van der Waals surface area contributed by atoms with Crippen LogP contribution < -0.4 is 25.3 Å². The summed E-state index contributed by atoms with van der Waals surface area (Å²) in [7, 11) is 0. The number of fused-ring (bicyclic) bond motifs is 1. The van der Waals surface area contributed by atoms with Gasteiger partial charge >= 0.3 is 12.2 Å². The van der Waals surface area contributed by atoms with E-state index in [1.807, 2.05) is 12.1 Å². The summed E-state index contributed by atoms with van der Waals surface area (Å²) in [4.78, 5) is 79.5. The molecular weight excluding hydrogens is 798 g/mol. The van der Waals surface area contributed by atoms with E-state index in [9.17, 15) is 37.1 Å². The minimum absolute atomic E-state index is 0.0677. The summed E-state index contributed by atoms with van der Waals surface area (Å²) in [6, 6.07) is 12.8. The molecule has 1 unspecified atom stereocenters. The normalized spacial score (nSPS) is 20.5. The number of halogens is 3. The molecule has 4 saturated heterocycles. The van der Waals surface area contributed by atoms with Crippen molar-refractivity contribution in [3.8, 4) is 6.07 Å². The maximum Gasteiger partial charge on any atom is 0.417 e. The minimum Gasteiger partial charge on any atom is -0.377 e. The van der Waals surface area contributed by atoms with Gasteiger partial charge in [0.05, 0.1) is 58.6 Å². The number of hydrogen-bond acceptors (Lipinski definition) is 12. The Kier molecular flexibility index (Phi) is 11.8. The first kappa shape index (κ1) is 41.5. The zero-order valence-electron chi connectivity index (χ0n) is 33.3. The van der Waals surface area contributed by atoms with E-state index >= 15 is 0 Å². The second-order valence-corrected chi connectivity index (χ2v) is 15.7. The molecule has 3 aromatic rings. The van der Waals surface area contributed by atoms with Gasteiger partial charge in [0.15, 0.2) is 0 Å². The summed E-state index contributed by atoms with van der Waals surface area (Å²) < 4.78 is 46.7. The van der Waals surface area contributed by atoms with E-state index in [4.69, 9.17) is 10.00 Å². The first-order valence-electron chi connectivity index (χ1n) is 20.4. The Morgan fingerprint density at radius 1 is 0.852 bits per heavy atom. The lowest BCUT2D eigenvalue weighted by molar-refractivity contribution is -0.138. The summed E-state index contributed by atoms with van der Waals surface area (Å²) in [5, 5.41) is 14.1. The number of benzene rings is 2. The number of alkyl halides is 3. The molecule has 1 aromatic heterocycles. The highest BCUT2D eigenvalue weighted by Gasteiger charge is 2.46. The van der Waals surface area contributed by atoms with Crippen molar-refractivity contribution in [1.82, 2.24) is 25.0 Å². The van der Waals surface area contributed by atoms with Crippen molar-refractivity contribution >= 4 is 52.5 Å². The van der Waals surface area contributed by atoms with Crippen molar-refractivity contribution in [3.05, 3.63) is 77.0 Å². The lowest BCUT2D eigenvalue weighted by Crippen LogP contribution is -2.54. The number of ether oxygens (including phenoxy) is 1. The molecule has 4 fully saturated rings. The fraction of sp³-hybridized carbons (Fsp3) is 0.452. The first-order chi connectivity index (χ1) is 29.4. The molecule has 8 rings (SSSR count). The van der Waals surface area contributed by atoms with Crippen molar-refractivity contribution < 1.29 is 41.9 Å². The fourth-order valence-electron chi connectivity index (χ4n) is 8.67. The topological polar surface area (TPSA) is 175 Å². The summed E-state index contributed by atoms with van der Waals surface area (Å²) in [6.07, 6.45) is -0.924. The standard InChI is InChI=1S/C42H45F3N10O6/c43-42(44,45)32-24-28(5-4-27(32)25-46)52-18-20-54(21-19-52)41(60)48-35-8-6-29(26-47-35)51-12-10-30(11-13-51)61-23-22-50-14-16-53(17-15-50)33-3-1-2-31-37(33)40(59)55(39(31)58)34-7-9-36(56)49-38(34)57/h1-6,8,24,26,30,34H,7,9-23H2,(H,47,48,60)(H,49,56,57). The molecule has 61 heavy (non-hydrogen) atoms. The van der Waals surface area contributed by atoms with Crippen LogP contribution in [0.1, 0.15) is 57.5 Å². The van der Waals surface area contributed by atoms with E-state index in [0.29, 0.717) is 68.6 Å². The van der Waals surface area contributed by atoms with E-state index in [1.165, 1.54) is 12.1 Å². The van der Waals surface area contributed by atoms with Crippen LogP contribution in [-0.4, -0.2) is 140 Å². The number of carbonyl (C=O) groups is 5. The van der Waals surface area contributed by atoms with Gasteiger partial charge in [-0.05, 0) is 61.7 Å². The van der Waals surface area contributed by atoms with Crippen molar-refractivity contribution in [1.29, 1.82) is 5.26 Å². The second-order valence-electron chi connectivity index (χ2n) is 15.7. The number of nitrogens with one attached hydrogen (secondary N) is 2. The lowest BCUT2D eigenvalue weighted by Gasteiger charge is -2.37. The summed E-state index contributed by atoms with van der Waals surface area (Å²) >= 11 is 0. The molecule has 5 aliphatic rings. The average molecular weight is 843 g/mol. The first-order valence-corrected chi connectivity index (χ1v) is 20.4. The van der Waals surface area contributed by atoms with Gasteiger partial charge in [0.25, 0.3) is 11.8 Å². The van der Waals surface area contributed by atoms with Gasteiger partial charge in [-0.1, -0.05) is 6.07 Å². The highest BCUT2D eigenvalue weighted by molar-refractivity contribution is 6.25. The number of aromatic nitrogens is 1. The summed E-state index contributed by atoms with van der Waals surface area (Å²) in [6.45, 7) is 7.00. The number of amides is 6. The third-order valence-corrected chi connectivity index (χ3v) is 12.1. The molecule has 0 bridgehead atoms. The van der Waals surface area contributed by atoms with Crippen molar-refractivity contribution in [2.24, 2.45) is 0 Å². The Morgan fingerprint density at radius 3 is 2.23 bits per heavy atom. The number of imide groups is 2. The van der Waals surface area contributed by atoms with Gasteiger partial charge in [-0.2, -0.15) is 18.4 Å². The molecule has 320 valence electrons. The zero-order valence-corrected chi connectivity index (χ0v) is 33.3. The van der Waals surface area contributed by atoms with Crippen LogP contribution in [0.25, 0.3) is 0 Å². The van der Waals surface area contributed by atoms with Gasteiger partial charge in [-0.3, -0.25) is 39.6 Å². The molecule has 2 aromatic carbocycles. The van der Waals surface area contributed by atoms with E-state index in [-0.39, 0.29) is 30.5 Å². The van der Waals surface area contributed by atoms with Crippen LogP contribution in [0.3, 0.4) is 0 Å². The zero-order chi connectivity index (χ0) is 42.8. The number of nitrogens with zero attached hydrogens (tertiary/aromatic N) is 8. The highest BCUT2D eigenvalue weighted by Crippen LogP contribution is 2.36. The van der Waals surface area contributed by atoms with Crippen molar-refractivity contribution in [2.45, 2.75) is 44.0 Å². The predicted octanol–water partition coefficient (Wildman–Crippen LogP) is 3.53. The molecule has 2 N–H and O–H groups in total. The number of piperidine rings is 2. The Hall–Kier alpha value is -6.26. The van der Waals surface area contributed by atoms with Crippen LogP contribution in [-0.2, 0) is 20.5 Å². The van der Waals surface area contributed by atoms with E-state index in [0.717, 1.165) is 62.2 Å². The highest BCUT2D eigenvalue weighted by atomic mass is 19.4. The van der Waals surface area contributed by atoms with Crippen LogP contribution in [0.4, 0.5) is 40.8 Å². The smallest absolute Gasteiger partial charge is 0.377 e. The molecule has 0 spiro atoms. The van der Waals surface area contributed by atoms with Crippen molar-refractivity contribution in [3.63, 3.8) is 0 Å². The minimum atomic E-state index is -4.64. The van der Waals surface area contributed by atoms with E-state index in [2.05, 4.69) is 30.3 Å². The van der Waals surface area contributed by atoms with Crippen molar-refractivity contribution in [2.75, 3.05) is 98.6 Å². The number of carbonyl (C=O) groups excluding carboxylic acids is 5. The van der Waals surface area contributed by atoms with E-state index in [1.54, 1.807) is 40.3 Å². The summed E-state index contributed by atoms with van der Waals surface area (Å²) in [5.41, 5.74) is 1.14. The Balaban J connectivity index is 0.740. The molecule has 19 heteroatoms. The molecule has 6 heterocycles. The third-order valence-electron chi connectivity index (χ3n) is 12.1. The lowest BCUT2D eigenvalue weighted by atomic mass is 10.0. The van der Waals surface area contributed by atoms with Gasteiger partial charge < -0.3 is 24.3 Å². The third kappa shape index (κ3) is 8.82. The SMILES string of the molecule is N#Cc1ccc(N2CCN(C(=O)Nc3ccc(N4CCC(OCCN5CCN(c6cccc7c6C(=O)N(C6CCC(=O)NC6=O)C7=O)CC5)CC4)cn3)CC2)cc1C(F)(F)F. The fourth-order valence-corrected chi connectivity index (χ4v) is 8.67. The molecule has 5 aliphatic heterocycles. The van der Waals surface area contributed by atoms with Gasteiger partial charge in [0, 0.05) is 84.1 Å². The van der Waals surface area contributed by atoms with Gasteiger partial charge in [-0.25, -0.2) is 9.78 Å². The molecular formula is C42H45F3N10O6. The number of piperazine rings is 2. The van der Waals surface area contributed by atoms with Crippen LogP contribution in [0.5, 0.6) is 0 Å².